The van der Waals surface area contributed by atoms with Crippen molar-refractivity contribution in [2.75, 3.05) is 6.61 Å². The van der Waals surface area contributed by atoms with Crippen molar-refractivity contribution in [3.05, 3.63) is 59.4 Å². The topological polar surface area (TPSA) is 60.2 Å². The summed E-state index contributed by atoms with van der Waals surface area (Å²) in [5, 5.41) is 0. The van der Waals surface area contributed by atoms with E-state index in [1.54, 1.807) is 6.20 Å². The van der Waals surface area contributed by atoms with E-state index in [1.165, 1.54) is 5.56 Å². The second-order valence-electron chi connectivity index (χ2n) is 5.03. The number of rotatable bonds is 4. The number of nitrogens with one attached hydrogen (secondary N) is 1. The zero-order valence-electron chi connectivity index (χ0n) is 11.4. The summed E-state index contributed by atoms with van der Waals surface area (Å²) in [7, 11) is 0. The van der Waals surface area contributed by atoms with Gasteiger partial charge < -0.3 is 4.74 Å². The Balaban J connectivity index is 1.90. The van der Waals surface area contributed by atoms with Crippen LogP contribution in [0.2, 0.25) is 0 Å². The molecule has 1 aromatic heterocycles. The Morgan fingerprint density at radius 3 is 3.00 bits per heavy atom. The van der Waals surface area contributed by atoms with Gasteiger partial charge in [-0.15, -0.1) is 0 Å². The Kier molecular flexibility index (Phi) is 3.95. The number of aryl methyl sites for hydroxylation is 1. The molecular weight excluding hydrogens is 250 g/mol. The Morgan fingerprint density at radius 2 is 2.20 bits per heavy atom. The van der Waals surface area contributed by atoms with Gasteiger partial charge in [-0.05, 0) is 30.5 Å². The first-order valence-corrected chi connectivity index (χ1v) is 6.99. The number of hydrogen-bond acceptors (Lipinski definition) is 4. The maximum absolute atomic E-state index is 5.86. The average molecular weight is 269 g/mol. The van der Waals surface area contributed by atoms with E-state index in [0.717, 1.165) is 42.9 Å². The van der Waals surface area contributed by atoms with Gasteiger partial charge in [0, 0.05) is 23.9 Å². The molecule has 0 bridgehead atoms. The van der Waals surface area contributed by atoms with E-state index < -0.39 is 0 Å². The second kappa shape index (κ2) is 6.03. The molecule has 0 amide bonds. The molecule has 2 heterocycles. The van der Waals surface area contributed by atoms with Crippen molar-refractivity contribution >= 4 is 0 Å². The smallest absolute Gasteiger partial charge is 0.127 e. The van der Waals surface area contributed by atoms with Crippen LogP contribution in [-0.4, -0.2) is 11.6 Å². The third-order valence-electron chi connectivity index (χ3n) is 3.68. The lowest BCUT2D eigenvalue weighted by molar-refractivity contribution is 0.281. The molecule has 1 aliphatic rings. The van der Waals surface area contributed by atoms with Crippen LogP contribution in [-0.2, 0) is 12.8 Å². The van der Waals surface area contributed by atoms with Gasteiger partial charge in [0.2, 0.25) is 0 Å². The molecule has 2 aromatic rings. The van der Waals surface area contributed by atoms with Gasteiger partial charge in [0.25, 0.3) is 0 Å². The van der Waals surface area contributed by atoms with E-state index in [0.29, 0.717) is 0 Å². The monoisotopic (exact) mass is 269 g/mol. The minimum absolute atomic E-state index is 0.0120. The average Bonchev–Trinajstić information content (AvgIpc) is 2.53. The van der Waals surface area contributed by atoms with Crippen molar-refractivity contribution < 1.29 is 4.74 Å². The molecule has 0 radical (unpaired) electrons. The van der Waals surface area contributed by atoms with Gasteiger partial charge in [-0.25, -0.2) is 0 Å². The number of pyridine rings is 1. The maximum Gasteiger partial charge on any atom is 0.127 e. The van der Waals surface area contributed by atoms with Gasteiger partial charge in [-0.3, -0.25) is 16.3 Å². The van der Waals surface area contributed by atoms with Crippen LogP contribution < -0.4 is 16.0 Å². The van der Waals surface area contributed by atoms with E-state index in [1.807, 2.05) is 18.2 Å². The summed E-state index contributed by atoms with van der Waals surface area (Å²) in [6.07, 6.45) is 4.71. The van der Waals surface area contributed by atoms with Gasteiger partial charge in [0.15, 0.2) is 0 Å². The Bertz CT molecular complexity index is 571. The summed E-state index contributed by atoms with van der Waals surface area (Å²) >= 11 is 0. The van der Waals surface area contributed by atoms with Crippen LogP contribution in [0.25, 0.3) is 0 Å². The zero-order chi connectivity index (χ0) is 13.8. The number of nitrogens with zero attached hydrogens (tertiary/aromatic N) is 1. The molecule has 1 unspecified atom stereocenters. The Labute approximate surface area is 119 Å². The second-order valence-corrected chi connectivity index (χ2v) is 5.03. The molecule has 1 atom stereocenters. The Hall–Kier alpha value is -1.91. The van der Waals surface area contributed by atoms with Crippen molar-refractivity contribution in [2.45, 2.75) is 25.3 Å². The number of aromatic nitrogens is 1. The molecule has 0 saturated heterocycles. The first-order valence-electron chi connectivity index (χ1n) is 6.99. The minimum Gasteiger partial charge on any atom is -0.493 e. The fraction of sp³-hybridized carbons (Fsp3) is 0.312. The zero-order valence-corrected chi connectivity index (χ0v) is 11.4. The van der Waals surface area contributed by atoms with Gasteiger partial charge in [0.05, 0.1) is 12.6 Å². The van der Waals surface area contributed by atoms with Crippen LogP contribution in [0.1, 0.15) is 29.3 Å². The molecule has 0 saturated carbocycles. The summed E-state index contributed by atoms with van der Waals surface area (Å²) in [6.45, 7) is 0.783. The van der Waals surface area contributed by atoms with Crippen LogP contribution in [0.15, 0.2) is 42.6 Å². The molecular formula is C16H19N3O. The molecule has 1 aromatic carbocycles. The SMILES string of the molecule is NNC(Cc1ccccn1)c1cccc2c1OCCC2. The van der Waals surface area contributed by atoms with E-state index in [4.69, 9.17) is 10.6 Å². The van der Waals surface area contributed by atoms with Crippen molar-refractivity contribution in [3.8, 4) is 5.75 Å². The van der Waals surface area contributed by atoms with Gasteiger partial charge in [0.1, 0.15) is 5.75 Å². The van der Waals surface area contributed by atoms with Crippen LogP contribution >= 0.6 is 0 Å². The number of hydrogen-bond donors (Lipinski definition) is 2. The summed E-state index contributed by atoms with van der Waals surface area (Å²) in [4.78, 5) is 4.37. The predicted molar refractivity (Wildman–Crippen MR) is 78.3 cm³/mol. The fourth-order valence-corrected chi connectivity index (χ4v) is 2.68. The minimum atomic E-state index is 0.0120. The third-order valence-corrected chi connectivity index (χ3v) is 3.68. The summed E-state index contributed by atoms with van der Waals surface area (Å²) in [6, 6.07) is 12.2. The van der Waals surface area contributed by atoms with Crippen LogP contribution in [0, 0.1) is 0 Å². The first kappa shape index (κ1) is 13.1. The van der Waals surface area contributed by atoms with Gasteiger partial charge in [-0.1, -0.05) is 24.3 Å². The standard InChI is InChI=1S/C16H19N3O/c17-19-15(11-13-7-1-2-9-18-13)14-8-3-5-12-6-4-10-20-16(12)14/h1-3,5,7-9,15,19H,4,6,10-11,17H2. The number of para-hydroxylation sites is 1. The molecule has 0 spiro atoms. The molecule has 1 aliphatic heterocycles. The van der Waals surface area contributed by atoms with Crippen molar-refractivity contribution in [1.82, 2.24) is 10.4 Å². The highest BCUT2D eigenvalue weighted by Gasteiger charge is 2.20. The quantitative estimate of drug-likeness (QED) is 0.659. The first-order chi connectivity index (χ1) is 9.88. The lowest BCUT2D eigenvalue weighted by Gasteiger charge is -2.24. The maximum atomic E-state index is 5.86. The number of fused-ring (bicyclic) bond motifs is 1. The van der Waals surface area contributed by atoms with E-state index in [2.05, 4.69) is 28.6 Å². The van der Waals surface area contributed by atoms with Crippen LogP contribution in [0.5, 0.6) is 5.75 Å². The van der Waals surface area contributed by atoms with E-state index in [9.17, 15) is 0 Å². The fourth-order valence-electron chi connectivity index (χ4n) is 2.68. The molecule has 104 valence electrons. The number of benzene rings is 1. The highest BCUT2D eigenvalue weighted by atomic mass is 16.5. The lowest BCUT2D eigenvalue weighted by Crippen LogP contribution is -2.30. The van der Waals surface area contributed by atoms with Crippen molar-refractivity contribution in [1.29, 1.82) is 0 Å². The van der Waals surface area contributed by atoms with Gasteiger partial charge >= 0.3 is 0 Å². The summed E-state index contributed by atoms with van der Waals surface area (Å²) in [5.41, 5.74) is 6.31. The van der Waals surface area contributed by atoms with Gasteiger partial charge in [-0.2, -0.15) is 0 Å². The molecule has 0 fully saturated rings. The molecule has 4 heteroatoms. The predicted octanol–water partition coefficient (Wildman–Crippen LogP) is 2.15. The van der Waals surface area contributed by atoms with Crippen molar-refractivity contribution in [2.24, 2.45) is 5.84 Å². The highest BCUT2D eigenvalue weighted by Crippen LogP contribution is 2.33. The van der Waals surface area contributed by atoms with Crippen molar-refractivity contribution in [3.63, 3.8) is 0 Å². The third kappa shape index (κ3) is 2.66. The molecule has 3 N–H and O–H groups in total. The number of nitrogens with two attached hydrogens (primary N) is 1. The Morgan fingerprint density at radius 1 is 1.25 bits per heavy atom. The summed E-state index contributed by atoms with van der Waals surface area (Å²) in [5.74, 6) is 6.75. The van der Waals surface area contributed by atoms with Crippen LogP contribution in [0.4, 0.5) is 0 Å². The molecule has 4 nitrogen and oxygen atoms in total. The van der Waals surface area contributed by atoms with Crippen LogP contribution in [0.3, 0.4) is 0 Å². The van der Waals surface area contributed by atoms with E-state index >= 15 is 0 Å². The van der Waals surface area contributed by atoms with E-state index in [-0.39, 0.29) is 6.04 Å². The lowest BCUT2D eigenvalue weighted by atomic mass is 9.95. The largest absolute Gasteiger partial charge is 0.493 e. The summed E-state index contributed by atoms with van der Waals surface area (Å²) < 4.78 is 5.86. The highest BCUT2D eigenvalue weighted by molar-refractivity contribution is 5.44. The normalized spacial score (nSPS) is 15.2. The molecule has 0 aliphatic carbocycles. The number of ether oxygens (including phenoxy) is 1. The molecule has 3 rings (SSSR count). The molecule has 20 heavy (non-hydrogen) atoms. The number of hydrazine groups is 1.